The van der Waals surface area contributed by atoms with E-state index in [1.54, 1.807) is 36.7 Å². The van der Waals surface area contributed by atoms with Crippen molar-refractivity contribution in [3.63, 3.8) is 0 Å². The summed E-state index contributed by atoms with van der Waals surface area (Å²) < 4.78 is 58.8. The van der Waals surface area contributed by atoms with Crippen LogP contribution in [-0.2, 0) is 21.3 Å². The third-order valence-corrected chi connectivity index (χ3v) is 9.78. The molecule has 0 atom stereocenters. The van der Waals surface area contributed by atoms with Crippen LogP contribution < -0.4 is 0 Å². The van der Waals surface area contributed by atoms with E-state index in [2.05, 4.69) is 41.8 Å². The van der Waals surface area contributed by atoms with Crippen molar-refractivity contribution >= 4 is 41.7 Å². The average Bonchev–Trinajstić information content (AvgIpc) is 3.03. The fraction of sp³-hybridized carbons (Fsp3) is 0.0556. The summed E-state index contributed by atoms with van der Waals surface area (Å²) in [5, 5.41) is 0. The molecule has 0 spiro atoms. The van der Waals surface area contributed by atoms with E-state index >= 15 is 8.78 Å². The Morgan fingerprint density at radius 1 is 0.533 bits per heavy atom. The average molecular weight is 746 g/mol. The molecule has 0 unspecified atom stereocenters. The number of nitrogens with zero attached hydrogens (tertiary/aromatic N) is 2. The third kappa shape index (κ3) is 7.11. The first-order valence-electron chi connectivity index (χ1n) is 13.9. The molecule has 4 aromatic carbocycles. The van der Waals surface area contributed by atoms with Gasteiger partial charge in [0.2, 0.25) is 0 Å². The summed E-state index contributed by atoms with van der Waals surface area (Å²) in [6.45, 7) is 0. The van der Waals surface area contributed by atoms with Gasteiger partial charge in [0.05, 0.1) is 22.9 Å². The molecule has 6 aromatic rings. The Labute approximate surface area is 277 Å². The van der Waals surface area contributed by atoms with Gasteiger partial charge in [-0.25, -0.2) is 17.2 Å². The van der Waals surface area contributed by atoms with E-state index in [1.165, 1.54) is 24.3 Å². The summed E-state index contributed by atoms with van der Waals surface area (Å²) in [5.41, 5.74) is 5.61. The maximum atomic E-state index is 15.3. The number of halogens is 4. The summed E-state index contributed by atoms with van der Waals surface area (Å²) in [6, 6.07) is 31.6. The van der Waals surface area contributed by atoms with E-state index in [0.29, 0.717) is 22.5 Å². The van der Waals surface area contributed by atoms with Crippen molar-refractivity contribution in [2.75, 3.05) is 0 Å². The van der Waals surface area contributed by atoms with Crippen LogP contribution in [0.2, 0.25) is 0 Å². The van der Waals surface area contributed by atoms with Gasteiger partial charge < -0.3 is 0 Å². The highest BCUT2D eigenvalue weighted by Gasteiger charge is 2.20. The zero-order valence-electron chi connectivity index (χ0n) is 23.6. The maximum absolute atomic E-state index is 15.3. The van der Waals surface area contributed by atoms with Crippen LogP contribution in [0.3, 0.4) is 0 Å². The zero-order chi connectivity index (χ0) is 31.6. The molecule has 0 aliphatic rings. The van der Waals surface area contributed by atoms with E-state index in [1.807, 2.05) is 60.7 Å². The van der Waals surface area contributed by atoms with Crippen molar-refractivity contribution < 1.29 is 17.2 Å². The van der Waals surface area contributed by atoms with Gasteiger partial charge in [0.1, 0.15) is 11.6 Å². The van der Waals surface area contributed by atoms with Gasteiger partial charge in [0.25, 0.3) is 0 Å². The molecule has 0 aliphatic carbocycles. The number of rotatable bonds is 8. The Kier molecular flexibility index (Phi) is 9.03. The number of hydrogen-bond donors (Lipinski definition) is 0. The Morgan fingerprint density at radius 2 is 0.978 bits per heavy atom. The number of pyridine rings is 2. The first-order chi connectivity index (χ1) is 21.7. The first-order valence-corrected chi connectivity index (χ1v) is 17.3. The van der Waals surface area contributed by atoms with Gasteiger partial charge in [-0.15, -0.1) is 0 Å². The molecular weight excluding hydrogens is 722 g/mol. The summed E-state index contributed by atoms with van der Waals surface area (Å²) in [7, 11) is -3.92. The summed E-state index contributed by atoms with van der Waals surface area (Å²) >= 11 is 6.96. The molecule has 0 bridgehead atoms. The Balaban J connectivity index is 1.23. The minimum Gasteiger partial charge on any atom is -0.256 e. The molecule has 45 heavy (non-hydrogen) atoms. The topological polar surface area (TPSA) is 59.9 Å². The Bertz CT molecular complexity index is 2010. The van der Waals surface area contributed by atoms with Crippen molar-refractivity contribution in [1.82, 2.24) is 9.97 Å². The fourth-order valence-electron chi connectivity index (χ4n) is 5.20. The smallest absolute Gasteiger partial charge is 0.158 e. The van der Waals surface area contributed by atoms with Gasteiger partial charge in [-0.05, 0) is 59.7 Å². The Hall–Kier alpha value is -4.05. The third-order valence-electron chi connectivity index (χ3n) is 7.29. The van der Waals surface area contributed by atoms with Crippen molar-refractivity contribution in [3.8, 4) is 44.8 Å². The van der Waals surface area contributed by atoms with Gasteiger partial charge in [-0.1, -0.05) is 92.5 Å². The van der Waals surface area contributed by atoms with Crippen molar-refractivity contribution in [1.29, 1.82) is 0 Å². The van der Waals surface area contributed by atoms with E-state index in [-0.39, 0.29) is 11.1 Å². The van der Waals surface area contributed by atoms with Gasteiger partial charge in [-0.2, -0.15) is 0 Å². The number of benzene rings is 4. The second-order valence-corrected chi connectivity index (χ2v) is 14.4. The van der Waals surface area contributed by atoms with Crippen LogP contribution in [0.4, 0.5) is 8.78 Å². The monoisotopic (exact) mass is 744 g/mol. The minimum atomic E-state index is -3.92. The van der Waals surface area contributed by atoms with Gasteiger partial charge in [-0.3, -0.25) is 9.97 Å². The zero-order valence-corrected chi connectivity index (χ0v) is 27.6. The second-order valence-electron chi connectivity index (χ2n) is 10.5. The number of aromatic nitrogens is 2. The SMILES string of the molecule is O=S(=O)(Cc1ccc(-c2ncccc2-c2cccc(Br)c2)cc1F)Cc1ccc(-c2ncccc2-c2cccc(Br)c2)cc1F. The summed E-state index contributed by atoms with van der Waals surface area (Å²) in [6.07, 6.45) is 3.25. The Morgan fingerprint density at radius 3 is 1.38 bits per heavy atom. The molecule has 0 saturated carbocycles. The normalized spacial score (nSPS) is 11.5. The summed E-state index contributed by atoms with van der Waals surface area (Å²) in [4.78, 5) is 8.95. The van der Waals surface area contributed by atoms with Crippen LogP contribution in [0.1, 0.15) is 11.1 Å². The summed E-state index contributed by atoms with van der Waals surface area (Å²) in [5.74, 6) is -2.50. The molecule has 2 aromatic heterocycles. The van der Waals surface area contributed by atoms with Gasteiger partial charge in [0.15, 0.2) is 9.84 Å². The standard InChI is InChI=1S/C36H24Br2F2N2O2S/c37-29-7-1-5-23(17-29)31-9-3-15-41-35(31)25-11-13-27(33(39)19-25)21-45(43,44)22-28-14-12-26(20-34(28)40)36-32(10-4-16-42-36)24-6-2-8-30(38)18-24/h1-20H,21-22H2. The number of sulfone groups is 1. The van der Waals surface area contributed by atoms with Gasteiger partial charge >= 0.3 is 0 Å². The van der Waals surface area contributed by atoms with Crippen molar-refractivity contribution in [2.24, 2.45) is 0 Å². The maximum Gasteiger partial charge on any atom is 0.158 e. The molecule has 2 heterocycles. The quantitative estimate of drug-likeness (QED) is 0.156. The van der Waals surface area contributed by atoms with Crippen LogP contribution in [-0.4, -0.2) is 18.4 Å². The number of hydrogen-bond acceptors (Lipinski definition) is 4. The molecule has 0 saturated heterocycles. The predicted octanol–water partition coefficient (Wildman–Crippen LogP) is 10.1. The van der Waals surface area contributed by atoms with E-state index in [4.69, 9.17) is 0 Å². The molecule has 0 radical (unpaired) electrons. The largest absolute Gasteiger partial charge is 0.256 e. The highest BCUT2D eigenvalue weighted by molar-refractivity contribution is 9.10. The van der Waals surface area contributed by atoms with Crippen LogP contribution in [0.5, 0.6) is 0 Å². The van der Waals surface area contributed by atoms with E-state index in [0.717, 1.165) is 31.2 Å². The van der Waals surface area contributed by atoms with Crippen LogP contribution in [0, 0.1) is 11.6 Å². The fourth-order valence-corrected chi connectivity index (χ4v) is 7.51. The van der Waals surface area contributed by atoms with Crippen molar-refractivity contribution in [3.05, 3.63) is 153 Å². The lowest BCUT2D eigenvalue weighted by molar-refractivity contribution is 0.581. The lowest BCUT2D eigenvalue weighted by atomic mass is 9.99. The predicted molar refractivity (Wildman–Crippen MR) is 182 cm³/mol. The molecule has 4 nitrogen and oxygen atoms in total. The lowest BCUT2D eigenvalue weighted by Gasteiger charge is -2.12. The minimum absolute atomic E-state index is 0.00265. The molecule has 0 fully saturated rings. The van der Waals surface area contributed by atoms with Crippen molar-refractivity contribution in [2.45, 2.75) is 11.5 Å². The lowest BCUT2D eigenvalue weighted by Crippen LogP contribution is -2.10. The first kappa shape index (κ1) is 31.0. The molecule has 0 aliphatic heterocycles. The highest BCUT2D eigenvalue weighted by Crippen LogP contribution is 2.34. The highest BCUT2D eigenvalue weighted by atomic mass is 79.9. The van der Waals surface area contributed by atoms with Crippen LogP contribution >= 0.6 is 31.9 Å². The van der Waals surface area contributed by atoms with E-state index < -0.39 is 33.0 Å². The van der Waals surface area contributed by atoms with E-state index in [9.17, 15) is 8.42 Å². The second kappa shape index (κ2) is 13.1. The molecule has 0 N–H and O–H groups in total. The van der Waals surface area contributed by atoms with Gasteiger partial charge in [0, 0.05) is 54.7 Å². The molecule has 9 heteroatoms. The molecular formula is C36H24Br2F2N2O2S. The molecule has 224 valence electrons. The molecule has 6 rings (SSSR count). The van der Waals surface area contributed by atoms with Crippen LogP contribution in [0.25, 0.3) is 44.8 Å². The van der Waals surface area contributed by atoms with Crippen LogP contribution in [0.15, 0.2) is 131 Å². The molecule has 0 amide bonds.